The second kappa shape index (κ2) is 10.0. The maximum Gasteiger partial charge on any atom is 0.270 e. The molecule has 34 heavy (non-hydrogen) atoms. The minimum atomic E-state index is -0.0997. The lowest BCUT2D eigenvalue weighted by molar-refractivity contribution is 0.0988. The van der Waals surface area contributed by atoms with Crippen LogP contribution in [-0.4, -0.2) is 35.0 Å². The molecule has 4 rings (SSSR count). The van der Waals surface area contributed by atoms with Crippen molar-refractivity contribution in [2.24, 2.45) is 0 Å². The van der Waals surface area contributed by atoms with Gasteiger partial charge in [0.15, 0.2) is 5.13 Å². The summed E-state index contributed by atoms with van der Waals surface area (Å²) in [7, 11) is 3.53. The molecule has 2 aromatic carbocycles. The molecule has 0 atom stereocenters. The van der Waals surface area contributed by atoms with E-state index in [2.05, 4.69) is 15.0 Å². The van der Waals surface area contributed by atoms with Gasteiger partial charge < -0.3 is 14.5 Å². The fourth-order valence-electron chi connectivity index (χ4n) is 3.67. The van der Waals surface area contributed by atoms with Crippen molar-refractivity contribution in [1.29, 1.82) is 0 Å². The van der Waals surface area contributed by atoms with Crippen molar-refractivity contribution in [2.75, 3.05) is 24.0 Å². The van der Waals surface area contributed by atoms with Gasteiger partial charge in [0.2, 0.25) is 0 Å². The molecular formula is C26H27N5O2S. The molecule has 7 nitrogen and oxygen atoms in total. The van der Waals surface area contributed by atoms with Crippen LogP contribution in [0.5, 0.6) is 5.75 Å². The predicted octanol–water partition coefficient (Wildman–Crippen LogP) is 5.48. The topological polar surface area (TPSA) is 71.5 Å². The summed E-state index contributed by atoms with van der Waals surface area (Å²) in [6.07, 6.45) is 1.64. The van der Waals surface area contributed by atoms with Crippen LogP contribution in [0.4, 0.5) is 16.6 Å². The summed E-state index contributed by atoms with van der Waals surface area (Å²) >= 11 is 1.34. The SMILES string of the molecule is COc1ccc(CN(C(=O)c2cnc(N(C)c3cc(C)nc(C)n3)s2)c2ccccc2C)cc1. The zero-order valence-electron chi connectivity index (χ0n) is 19.9. The van der Waals surface area contributed by atoms with E-state index in [1.54, 1.807) is 18.2 Å². The van der Waals surface area contributed by atoms with E-state index in [0.29, 0.717) is 22.4 Å². The van der Waals surface area contributed by atoms with E-state index in [1.807, 2.05) is 87.3 Å². The number of methoxy groups -OCH3 is 1. The maximum atomic E-state index is 13.7. The minimum Gasteiger partial charge on any atom is -0.497 e. The molecule has 0 N–H and O–H groups in total. The summed E-state index contributed by atoms with van der Waals surface area (Å²) in [6.45, 7) is 6.23. The van der Waals surface area contributed by atoms with Gasteiger partial charge in [0.25, 0.3) is 5.91 Å². The van der Waals surface area contributed by atoms with Crippen molar-refractivity contribution in [3.8, 4) is 5.75 Å². The number of ether oxygens (including phenoxy) is 1. The van der Waals surface area contributed by atoms with Gasteiger partial charge in [-0.2, -0.15) is 0 Å². The molecule has 0 aliphatic heterocycles. The van der Waals surface area contributed by atoms with E-state index in [-0.39, 0.29) is 5.91 Å². The van der Waals surface area contributed by atoms with Crippen LogP contribution in [0.3, 0.4) is 0 Å². The number of hydrogen-bond donors (Lipinski definition) is 0. The number of para-hydroxylation sites is 1. The van der Waals surface area contributed by atoms with Gasteiger partial charge in [0, 0.05) is 24.5 Å². The standard InChI is InChI=1S/C26H27N5O2S/c1-17-8-6-7-9-22(17)31(16-20-10-12-21(33-5)13-11-20)25(32)23-15-27-26(34-23)30(4)24-14-18(2)28-19(3)29-24/h6-15H,16H2,1-5H3. The Morgan fingerprint density at radius 2 is 1.76 bits per heavy atom. The normalized spacial score (nSPS) is 10.7. The molecule has 0 bridgehead atoms. The third-order valence-corrected chi connectivity index (χ3v) is 6.50. The van der Waals surface area contributed by atoms with Crippen molar-refractivity contribution >= 4 is 33.9 Å². The van der Waals surface area contributed by atoms with Gasteiger partial charge >= 0.3 is 0 Å². The first-order chi connectivity index (χ1) is 16.4. The number of nitrogens with zero attached hydrogens (tertiary/aromatic N) is 5. The lowest BCUT2D eigenvalue weighted by atomic mass is 10.1. The molecule has 0 saturated carbocycles. The molecule has 0 unspecified atom stereocenters. The number of carbonyl (C=O) groups is 1. The van der Waals surface area contributed by atoms with E-state index in [1.165, 1.54) is 11.3 Å². The summed E-state index contributed by atoms with van der Waals surface area (Å²) in [6, 6.07) is 17.6. The Labute approximate surface area is 203 Å². The third kappa shape index (κ3) is 5.07. The Morgan fingerprint density at radius 3 is 2.44 bits per heavy atom. The number of amides is 1. The third-order valence-electron chi connectivity index (χ3n) is 5.44. The number of anilines is 3. The summed E-state index contributed by atoms with van der Waals surface area (Å²) in [4.78, 5) is 31.3. The highest BCUT2D eigenvalue weighted by atomic mass is 32.1. The van der Waals surface area contributed by atoms with Crippen LogP contribution in [0.1, 0.15) is 32.3 Å². The summed E-state index contributed by atoms with van der Waals surface area (Å²) in [5, 5.41) is 0.690. The number of hydrogen-bond acceptors (Lipinski definition) is 7. The molecule has 0 aliphatic carbocycles. The summed E-state index contributed by atoms with van der Waals surface area (Å²) < 4.78 is 5.27. The monoisotopic (exact) mass is 473 g/mol. The zero-order chi connectivity index (χ0) is 24.2. The van der Waals surface area contributed by atoms with Crippen LogP contribution in [0.25, 0.3) is 0 Å². The second-order valence-corrected chi connectivity index (χ2v) is 9.02. The molecule has 0 spiro atoms. The highest BCUT2D eigenvalue weighted by Gasteiger charge is 2.23. The Morgan fingerprint density at radius 1 is 1.03 bits per heavy atom. The van der Waals surface area contributed by atoms with Crippen LogP contribution in [0.2, 0.25) is 0 Å². The first-order valence-corrected chi connectivity index (χ1v) is 11.7. The number of thiazole rings is 1. The highest BCUT2D eigenvalue weighted by Crippen LogP contribution is 2.31. The summed E-state index contributed by atoms with van der Waals surface area (Å²) in [5.74, 6) is 2.12. The molecule has 4 aromatic rings. The number of aromatic nitrogens is 3. The fourth-order valence-corrected chi connectivity index (χ4v) is 4.50. The van der Waals surface area contributed by atoms with Gasteiger partial charge in [-0.3, -0.25) is 4.79 Å². The molecular weight excluding hydrogens is 446 g/mol. The van der Waals surface area contributed by atoms with Gasteiger partial charge in [-0.1, -0.05) is 41.7 Å². The molecule has 0 saturated heterocycles. The van der Waals surface area contributed by atoms with Gasteiger partial charge in [-0.25, -0.2) is 15.0 Å². The van der Waals surface area contributed by atoms with Gasteiger partial charge in [-0.05, 0) is 50.1 Å². The molecule has 174 valence electrons. The van der Waals surface area contributed by atoms with Crippen LogP contribution in [0, 0.1) is 20.8 Å². The number of carbonyl (C=O) groups excluding carboxylic acids is 1. The van der Waals surface area contributed by atoms with Gasteiger partial charge in [0.05, 0.1) is 19.9 Å². The Kier molecular flexibility index (Phi) is 6.88. The van der Waals surface area contributed by atoms with Crippen LogP contribution >= 0.6 is 11.3 Å². The predicted molar refractivity (Wildman–Crippen MR) is 136 cm³/mol. The van der Waals surface area contributed by atoms with E-state index in [0.717, 1.165) is 34.1 Å². The molecule has 0 aliphatic rings. The number of benzene rings is 2. The quantitative estimate of drug-likeness (QED) is 0.354. The second-order valence-electron chi connectivity index (χ2n) is 8.01. The van der Waals surface area contributed by atoms with E-state index in [9.17, 15) is 4.79 Å². The number of rotatable bonds is 7. The van der Waals surface area contributed by atoms with Crippen LogP contribution in [0.15, 0.2) is 60.8 Å². The van der Waals surface area contributed by atoms with Crippen molar-refractivity contribution in [3.05, 3.63) is 88.3 Å². The molecule has 2 aromatic heterocycles. The van der Waals surface area contributed by atoms with Crippen molar-refractivity contribution in [2.45, 2.75) is 27.3 Å². The lowest BCUT2D eigenvalue weighted by Crippen LogP contribution is -2.30. The van der Waals surface area contributed by atoms with Crippen LogP contribution < -0.4 is 14.5 Å². The van der Waals surface area contributed by atoms with Gasteiger partial charge in [-0.15, -0.1) is 0 Å². The minimum absolute atomic E-state index is 0.0997. The largest absolute Gasteiger partial charge is 0.497 e. The Balaban J connectivity index is 1.65. The fraction of sp³-hybridized carbons (Fsp3) is 0.231. The van der Waals surface area contributed by atoms with Crippen molar-refractivity contribution in [1.82, 2.24) is 15.0 Å². The first-order valence-electron chi connectivity index (χ1n) is 10.9. The van der Waals surface area contributed by atoms with E-state index in [4.69, 9.17) is 4.74 Å². The summed E-state index contributed by atoms with van der Waals surface area (Å²) in [5.41, 5.74) is 3.78. The molecule has 2 heterocycles. The zero-order valence-corrected chi connectivity index (χ0v) is 20.8. The highest BCUT2D eigenvalue weighted by molar-refractivity contribution is 7.17. The average molecular weight is 474 g/mol. The smallest absolute Gasteiger partial charge is 0.270 e. The molecule has 1 amide bonds. The maximum absolute atomic E-state index is 13.7. The van der Waals surface area contributed by atoms with Crippen LogP contribution in [-0.2, 0) is 6.54 Å². The van der Waals surface area contributed by atoms with E-state index < -0.39 is 0 Å². The van der Waals surface area contributed by atoms with Crippen molar-refractivity contribution in [3.63, 3.8) is 0 Å². The molecule has 0 fully saturated rings. The Hall–Kier alpha value is -3.78. The van der Waals surface area contributed by atoms with Crippen molar-refractivity contribution < 1.29 is 9.53 Å². The average Bonchev–Trinajstić information content (AvgIpc) is 3.32. The molecule has 8 heteroatoms. The number of aryl methyl sites for hydroxylation is 3. The molecule has 0 radical (unpaired) electrons. The van der Waals surface area contributed by atoms with Gasteiger partial charge in [0.1, 0.15) is 22.3 Å². The van der Waals surface area contributed by atoms with E-state index >= 15 is 0 Å². The first kappa shape index (κ1) is 23.4. The Bertz CT molecular complexity index is 1280. The lowest BCUT2D eigenvalue weighted by Gasteiger charge is -2.24.